The zero-order valence-corrected chi connectivity index (χ0v) is 26.9. The molecular weight excluding hydrogens is 604 g/mol. The van der Waals surface area contributed by atoms with Crippen LogP contribution in [0.2, 0.25) is 5.02 Å². The highest BCUT2D eigenvalue weighted by Gasteiger charge is 2.22. The Balaban J connectivity index is 1.24. The molecule has 3 N–H and O–H groups in total. The summed E-state index contributed by atoms with van der Waals surface area (Å²) >= 11 is 8.37. The Hall–Kier alpha value is -3.76. The number of pyridine rings is 1. The van der Waals surface area contributed by atoms with Gasteiger partial charge in [-0.15, -0.1) is 11.3 Å². The number of hydrogen-bond donors (Lipinski definition) is 3. The fourth-order valence-electron chi connectivity index (χ4n) is 6.38. The molecule has 1 atom stereocenters. The van der Waals surface area contributed by atoms with Crippen LogP contribution in [-0.2, 0) is 11.3 Å². The van der Waals surface area contributed by atoms with E-state index in [0.717, 1.165) is 61.5 Å². The molecule has 232 valence electrons. The minimum absolute atomic E-state index is 0.128. The van der Waals surface area contributed by atoms with Gasteiger partial charge in [0, 0.05) is 69.8 Å². The van der Waals surface area contributed by atoms with Crippen LogP contribution in [0.1, 0.15) is 47.6 Å². The lowest BCUT2D eigenvalue weighted by Gasteiger charge is -2.24. The first-order valence-electron chi connectivity index (χ1n) is 15.7. The number of nitrogens with zero attached hydrogens (tertiary/aromatic N) is 3. The second-order valence-electron chi connectivity index (χ2n) is 12.0. The van der Waals surface area contributed by atoms with E-state index in [1.807, 2.05) is 43.3 Å². The summed E-state index contributed by atoms with van der Waals surface area (Å²) in [7, 11) is 0. The molecule has 2 aliphatic heterocycles. The highest BCUT2D eigenvalue weighted by atomic mass is 35.5. The van der Waals surface area contributed by atoms with Gasteiger partial charge in [-0.2, -0.15) is 4.98 Å². The lowest BCUT2D eigenvalue weighted by atomic mass is 9.92. The Morgan fingerprint density at radius 1 is 1.04 bits per heavy atom. The van der Waals surface area contributed by atoms with Gasteiger partial charge in [-0.3, -0.25) is 9.36 Å². The first-order valence-corrected chi connectivity index (χ1v) is 16.9. The maximum Gasteiger partial charge on any atom is 0.260 e. The van der Waals surface area contributed by atoms with Crippen LogP contribution < -0.4 is 21.5 Å². The van der Waals surface area contributed by atoms with Crippen molar-refractivity contribution in [2.75, 3.05) is 36.9 Å². The molecule has 45 heavy (non-hydrogen) atoms. The van der Waals surface area contributed by atoms with Crippen LogP contribution in [0.4, 0.5) is 17.3 Å². The number of hydrogen-bond acceptors (Lipinski definition) is 8. The van der Waals surface area contributed by atoms with Gasteiger partial charge in [-0.05, 0) is 104 Å². The lowest BCUT2D eigenvalue weighted by Crippen LogP contribution is -2.38. The summed E-state index contributed by atoms with van der Waals surface area (Å²) in [4.78, 5) is 25.0. The standard InChI is InChI=1S/C35H37ClN6O2S/c1-22-4-9-29(31(36)17-22)30-18-24-19-38-35(40-26-7-5-25(6-8-26)39-27-3-2-13-37-20-27)41-33(24)42(34(30)43)21-32-28(12-16-45-32)23-10-14-44-15-11-23/h4-9,12,16-19,23,27,37,39H,2-3,10-11,13-15,20-21H2,1H3,(H,38,40,41). The van der Waals surface area contributed by atoms with E-state index < -0.39 is 0 Å². The molecule has 2 saturated heterocycles. The lowest BCUT2D eigenvalue weighted by molar-refractivity contribution is 0.0852. The summed E-state index contributed by atoms with van der Waals surface area (Å²) in [5.41, 5.74) is 6.00. The van der Waals surface area contributed by atoms with Crippen molar-refractivity contribution in [3.05, 3.63) is 97.6 Å². The molecule has 5 aromatic rings. The van der Waals surface area contributed by atoms with E-state index in [2.05, 4.69) is 44.5 Å². The van der Waals surface area contributed by atoms with Crippen LogP contribution in [0.15, 0.2) is 71.0 Å². The normalized spacial score (nSPS) is 17.4. The van der Waals surface area contributed by atoms with Gasteiger partial charge in [0.25, 0.3) is 5.56 Å². The van der Waals surface area contributed by atoms with Crippen LogP contribution in [0.25, 0.3) is 22.2 Å². The van der Waals surface area contributed by atoms with Crippen molar-refractivity contribution in [2.24, 2.45) is 0 Å². The quantitative estimate of drug-likeness (QED) is 0.163. The number of piperidine rings is 1. The second-order valence-corrected chi connectivity index (χ2v) is 13.4. The SMILES string of the molecule is Cc1ccc(-c2cc3cnc(Nc4ccc(NC5CCCNC5)cc4)nc3n(Cc3sccc3C3CCOCC3)c2=O)c(Cl)c1. The molecule has 0 spiro atoms. The first-order chi connectivity index (χ1) is 22.0. The number of fused-ring (bicyclic) bond motifs is 1. The third-order valence-electron chi connectivity index (χ3n) is 8.79. The Kier molecular flexibility index (Phi) is 8.85. The van der Waals surface area contributed by atoms with Gasteiger partial charge < -0.3 is 20.7 Å². The highest BCUT2D eigenvalue weighted by Crippen LogP contribution is 2.34. The number of aryl methyl sites for hydroxylation is 1. The summed E-state index contributed by atoms with van der Waals surface area (Å²) < 4.78 is 7.41. The van der Waals surface area contributed by atoms with Gasteiger partial charge in [-0.25, -0.2) is 4.98 Å². The molecule has 2 aromatic carbocycles. The molecule has 0 radical (unpaired) electrons. The number of ether oxygens (including phenoxy) is 1. The first kappa shape index (κ1) is 29.9. The maximum atomic E-state index is 14.3. The van der Waals surface area contributed by atoms with Crippen molar-refractivity contribution in [2.45, 2.75) is 51.1 Å². The van der Waals surface area contributed by atoms with Crippen molar-refractivity contribution < 1.29 is 4.74 Å². The van der Waals surface area contributed by atoms with Gasteiger partial charge in [0.1, 0.15) is 5.65 Å². The van der Waals surface area contributed by atoms with Crippen LogP contribution in [0.5, 0.6) is 0 Å². The Morgan fingerprint density at radius 3 is 2.64 bits per heavy atom. The summed E-state index contributed by atoms with van der Waals surface area (Å²) in [6, 6.07) is 18.5. The molecule has 2 fully saturated rings. The van der Waals surface area contributed by atoms with E-state index in [1.54, 1.807) is 22.1 Å². The summed E-state index contributed by atoms with van der Waals surface area (Å²) in [6.07, 6.45) is 6.11. The van der Waals surface area contributed by atoms with Gasteiger partial charge in [0.15, 0.2) is 0 Å². The van der Waals surface area contributed by atoms with E-state index in [9.17, 15) is 4.79 Å². The molecule has 0 saturated carbocycles. The number of anilines is 3. The molecule has 2 aliphatic rings. The Bertz CT molecular complexity index is 1860. The predicted molar refractivity (Wildman–Crippen MR) is 184 cm³/mol. The molecule has 7 rings (SSSR count). The van der Waals surface area contributed by atoms with E-state index in [4.69, 9.17) is 21.3 Å². The van der Waals surface area contributed by atoms with Crippen molar-refractivity contribution in [3.8, 4) is 11.1 Å². The van der Waals surface area contributed by atoms with Gasteiger partial charge in [-0.1, -0.05) is 23.7 Å². The van der Waals surface area contributed by atoms with Gasteiger partial charge in [0.2, 0.25) is 5.95 Å². The fraction of sp³-hybridized carbons (Fsp3) is 0.343. The van der Waals surface area contributed by atoms with Gasteiger partial charge in [0.05, 0.1) is 6.54 Å². The molecule has 3 aromatic heterocycles. The van der Waals surface area contributed by atoms with Crippen LogP contribution in [-0.4, -0.2) is 46.9 Å². The number of benzene rings is 2. The smallest absolute Gasteiger partial charge is 0.260 e. The molecule has 8 nitrogen and oxygen atoms in total. The van der Waals surface area contributed by atoms with Crippen LogP contribution in [0.3, 0.4) is 0 Å². The molecule has 1 unspecified atom stereocenters. The van der Waals surface area contributed by atoms with E-state index in [0.29, 0.717) is 46.2 Å². The number of nitrogens with one attached hydrogen (secondary N) is 3. The minimum Gasteiger partial charge on any atom is -0.381 e. The maximum absolute atomic E-state index is 14.3. The average Bonchev–Trinajstić information content (AvgIpc) is 3.53. The Morgan fingerprint density at radius 2 is 1.87 bits per heavy atom. The average molecular weight is 641 g/mol. The largest absolute Gasteiger partial charge is 0.381 e. The number of thiophene rings is 1. The number of halogens is 1. The molecule has 5 heterocycles. The molecular formula is C35H37ClN6O2S. The van der Waals surface area contributed by atoms with E-state index >= 15 is 0 Å². The summed E-state index contributed by atoms with van der Waals surface area (Å²) in [6.45, 7) is 6.01. The van der Waals surface area contributed by atoms with Crippen molar-refractivity contribution >= 4 is 51.3 Å². The summed E-state index contributed by atoms with van der Waals surface area (Å²) in [5, 5.41) is 13.9. The monoisotopic (exact) mass is 640 g/mol. The van der Waals surface area contributed by atoms with Crippen molar-refractivity contribution in [1.82, 2.24) is 19.9 Å². The van der Waals surface area contributed by atoms with Crippen LogP contribution >= 0.6 is 22.9 Å². The molecule has 0 aliphatic carbocycles. The van der Waals surface area contributed by atoms with E-state index in [-0.39, 0.29) is 5.56 Å². The zero-order valence-electron chi connectivity index (χ0n) is 25.3. The van der Waals surface area contributed by atoms with E-state index in [1.165, 1.54) is 23.3 Å². The minimum atomic E-state index is -0.128. The van der Waals surface area contributed by atoms with Crippen LogP contribution in [0, 0.1) is 6.92 Å². The summed E-state index contributed by atoms with van der Waals surface area (Å²) in [5.74, 6) is 0.861. The third-order valence-corrected chi connectivity index (χ3v) is 10.0. The van der Waals surface area contributed by atoms with Crippen molar-refractivity contribution in [1.29, 1.82) is 0 Å². The number of aromatic nitrogens is 3. The zero-order chi connectivity index (χ0) is 30.8. The molecule has 0 bridgehead atoms. The third kappa shape index (κ3) is 6.63. The second kappa shape index (κ2) is 13.3. The topological polar surface area (TPSA) is 93.1 Å². The fourth-order valence-corrected chi connectivity index (χ4v) is 7.67. The molecule has 0 amide bonds. The highest BCUT2D eigenvalue weighted by molar-refractivity contribution is 7.10. The Labute approximate surface area is 271 Å². The number of rotatable bonds is 8. The van der Waals surface area contributed by atoms with Crippen molar-refractivity contribution in [3.63, 3.8) is 0 Å². The molecule has 10 heteroatoms. The predicted octanol–water partition coefficient (Wildman–Crippen LogP) is 7.33. The van der Waals surface area contributed by atoms with Gasteiger partial charge >= 0.3 is 0 Å².